The Bertz CT molecular complexity index is 555. The third-order valence-electron chi connectivity index (χ3n) is 3.04. The maximum Gasteiger partial charge on any atom is 0.143 e. The number of rotatable bonds is 6. The first-order valence-electron chi connectivity index (χ1n) is 6.79. The zero-order valence-corrected chi connectivity index (χ0v) is 11.9. The second kappa shape index (κ2) is 6.99. The highest BCUT2D eigenvalue weighted by Gasteiger charge is 2.01. The highest BCUT2D eigenvalue weighted by Crippen LogP contribution is 2.14. The van der Waals surface area contributed by atoms with Crippen LogP contribution < -0.4 is 14.9 Å². The quantitative estimate of drug-likeness (QED) is 0.750. The maximum absolute atomic E-state index is 13.4. The lowest BCUT2D eigenvalue weighted by molar-refractivity contribution is 0.320. The van der Waals surface area contributed by atoms with Crippen molar-refractivity contribution in [3.63, 3.8) is 0 Å². The summed E-state index contributed by atoms with van der Waals surface area (Å²) in [7, 11) is 1.74. The van der Waals surface area contributed by atoms with Crippen LogP contribution in [0.1, 0.15) is 12.5 Å². The molecule has 20 heavy (non-hydrogen) atoms. The molecule has 0 fully saturated rings. The standard InChI is InChI=1S/C16H18BFO2/c1-2-19-13-5-3-12(4-6-13)9-10-20-14-7-8-15(17)16(18)11-14/h3-8,11H,2,9-10,17H2,1H3. The Balaban J connectivity index is 1.84. The van der Waals surface area contributed by atoms with Crippen LogP contribution in [0.2, 0.25) is 0 Å². The van der Waals surface area contributed by atoms with Crippen molar-refractivity contribution in [1.82, 2.24) is 0 Å². The minimum atomic E-state index is -0.233. The average Bonchev–Trinajstić information content (AvgIpc) is 2.45. The molecule has 104 valence electrons. The monoisotopic (exact) mass is 272 g/mol. The van der Waals surface area contributed by atoms with Gasteiger partial charge in [0.05, 0.1) is 13.2 Å². The summed E-state index contributed by atoms with van der Waals surface area (Å²) < 4.78 is 24.3. The van der Waals surface area contributed by atoms with Gasteiger partial charge in [0.1, 0.15) is 25.2 Å². The largest absolute Gasteiger partial charge is 0.494 e. The molecule has 2 rings (SSSR count). The molecule has 2 aromatic carbocycles. The van der Waals surface area contributed by atoms with E-state index in [1.165, 1.54) is 11.6 Å². The second-order valence-corrected chi connectivity index (χ2v) is 4.59. The molecule has 0 bridgehead atoms. The van der Waals surface area contributed by atoms with E-state index in [0.717, 1.165) is 12.2 Å². The first-order chi connectivity index (χ1) is 9.69. The molecule has 0 amide bonds. The molecule has 0 aliphatic heterocycles. The summed E-state index contributed by atoms with van der Waals surface area (Å²) in [5.74, 6) is 1.21. The van der Waals surface area contributed by atoms with E-state index in [2.05, 4.69) is 0 Å². The first kappa shape index (κ1) is 14.4. The number of benzene rings is 2. The SMILES string of the molecule is Bc1ccc(OCCc2ccc(OCC)cc2)cc1F. The number of ether oxygens (including phenoxy) is 2. The van der Waals surface area contributed by atoms with Crippen LogP contribution in [0, 0.1) is 5.82 Å². The van der Waals surface area contributed by atoms with Gasteiger partial charge in [-0.1, -0.05) is 23.7 Å². The normalized spacial score (nSPS) is 10.3. The van der Waals surface area contributed by atoms with Crippen molar-refractivity contribution in [2.45, 2.75) is 13.3 Å². The van der Waals surface area contributed by atoms with E-state index in [4.69, 9.17) is 9.47 Å². The third kappa shape index (κ3) is 4.02. The van der Waals surface area contributed by atoms with E-state index in [1.54, 1.807) is 20.0 Å². The molecule has 0 aromatic heterocycles. The highest BCUT2D eigenvalue weighted by molar-refractivity contribution is 6.32. The Morgan fingerprint density at radius 1 is 1.00 bits per heavy atom. The number of halogens is 1. The minimum Gasteiger partial charge on any atom is -0.494 e. The van der Waals surface area contributed by atoms with Crippen LogP contribution in [0.3, 0.4) is 0 Å². The fraction of sp³-hybridized carbons (Fsp3) is 0.250. The van der Waals surface area contributed by atoms with Gasteiger partial charge in [0.15, 0.2) is 0 Å². The average molecular weight is 272 g/mol. The van der Waals surface area contributed by atoms with E-state index in [9.17, 15) is 4.39 Å². The second-order valence-electron chi connectivity index (χ2n) is 4.59. The van der Waals surface area contributed by atoms with Crippen molar-refractivity contribution in [3.8, 4) is 11.5 Å². The summed E-state index contributed by atoms with van der Waals surface area (Å²) >= 11 is 0. The molecule has 0 N–H and O–H groups in total. The van der Waals surface area contributed by atoms with Crippen LogP contribution in [-0.2, 0) is 6.42 Å². The summed E-state index contributed by atoms with van der Waals surface area (Å²) in [5, 5.41) is 0. The Morgan fingerprint density at radius 3 is 2.35 bits per heavy atom. The van der Waals surface area contributed by atoms with Crippen LogP contribution >= 0.6 is 0 Å². The van der Waals surface area contributed by atoms with Crippen molar-refractivity contribution in [2.75, 3.05) is 13.2 Å². The van der Waals surface area contributed by atoms with E-state index in [0.29, 0.717) is 24.4 Å². The summed E-state index contributed by atoms with van der Waals surface area (Å²) in [4.78, 5) is 0. The van der Waals surface area contributed by atoms with E-state index >= 15 is 0 Å². The van der Waals surface area contributed by atoms with Crippen LogP contribution in [0.5, 0.6) is 11.5 Å². The Hall–Kier alpha value is -1.97. The van der Waals surface area contributed by atoms with Crippen molar-refractivity contribution in [1.29, 1.82) is 0 Å². The van der Waals surface area contributed by atoms with Gasteiger partial charge >= 0.3 is 0 Å². The van der Waals surface area contributed by atoms with Crippen LogP contribution in [0.25, 0.3) is 0 Å². The Morgan fingerprint density at radius 2 is 1.70 bits per heavy atom. The Labute approximate surface area is 119 Å². The molecule has 2 aromatic rings. The number of hydrogen-bond donors (Lipinski definition) is 0. The van der Waals surface area contributed by atoms with Gasteiger partial charge in [0.2, 0.25) is 0 Å². The van der Waals surface area contributed by atoms with E-state index < -0.39 is 0 Å². The van der Waals surface area contributed by atoms with E-state index in [1.807, 2.05) is 31.2 Å². The molecule has 0 aliphatic rings. The molecule has 2 nitrogen and oxygen atoms in total. The maximum atomic E-state index is 13.4. The minimum absolute atomic E-state index is 0.233. The molecule has 0 heterocycles. The van der Waals surface area contributed by atoms with Crippen LogP contribution in [0.15, 0.2) is 42.5 Å². The molecule has 0 atom stereocenters. The smallest absolute Gasteiger partial charge is 0.143 e. The van der Waals surface area contributed by atoms with Gasteiger partial charge in [-0.2, -0.15) is 0 Å². The topological polar surface area (TPSA) is 18.5 Å². The van der Waals surface area contributed by atoms with Gasteiger partial charge in [-0.15, -0.1) is 0 Å². The highest BCUT2D eigenvalue weighted by atomic mass is 19.1. The first-order valence-corrected chi connectivity index (χ1v) is 6.79. The molecule has 4 heteroatoms. The predicted octanol–water partition coefficient (Wildman–Crippen LogP) is 2.10. The fourth-order valence-corrected chi connectivity index (χ4v) is 1.87. The molecule has 0 unspecified atom stereocenters. The Kier molecular flexibility index (Phi) is 5.05. The zero-order chi connectivity index (χ0) is 14.4. The van der Waals surface area contributed by atoms with Gasteiger partial charge in [-0.25, -0.2) is 4.39 Å². The van der Waals surface area contributed by atoms with Gasteiger partial charge in [-0.3, -0.25) is 0 Å². The molecular formula is C16H18BFO2. The lowest BCUT2D eigenvalue weighted by Gasteiger charge is -2.08. The lowest BCUT2D eigenvalue weighted by atomic mass is 9.96. The number of hydrogen-bond acceptors (Lipinski definition) is 2. The molecule has 0 aliphatic carbocycles. The van der Waals surface area contributed by atoms with Crippen LogP contribution in [0.4, 0.5) is 4.39 Å². The summed E-state index contributed by atoms with van der Waals surface area (Å²) in [6, 6.07) is 12.9. The fourth-order valence-electron chi connectivity index (χ4n) is 1.87. The third-order valence-corrected chi connectivity index (χ3v) is 3.04. The molecule has 0 saturated heterocycles. The van der Waals surface area contributed by atoms with E-state index in [-0.39, 0.29) is 5.82 Å². The molecular weight excluding hydrogens is 254 g/mol. The van der Waals surface area contributed by atoms with Crippen molar-refractivity contribution in [2.24, 2.45) is 0 Å². The van der Waals surface area contributed by atoms with Gasteiger partial charge in [-0.05, 0) is 30.7 Å². The molecule has 0 spiro atoms. The zero-order valence-electron chi connectivity index (χ0n) is 11.9. The molecule has 0 saturated carbocycles. The van der Waals surface area contributed by atoms with Gasteiger partial charge in [0, 0.05) is 12.5 Å². The van der Waals surface area contributed by atoms with Gasteiger partial charge in [0.25, 0.3) is 0 Å². The summed E-state index contributed by atoms with van der Waals surface area (Å²) in [6.45, 7) is 3.15. The predicted molar refractivity (Wildman–Crippen MR) is 81.4 cm³/mol. The summed E-state index contributed by atoms with van der Waals surface area (Å²) in [5.41, 5.74) is 1.80. The van der Waals surface area contributed by atoms with Gasteiger partial charge < -0.3 is 9.47 Å². The van der Waals surface area contributed by atoms with Crippen molar-refractivity contribution < 1.29 is 13.9 Å². The van der Waals surface area contributed by atoms with Crippen LogP contribution in [-0.4, -0.2) is 21.1 Å². The van der Waals surface area contributed by atoms with Crippen molar-refractivity contribution in [3.05, 3.63) is 53.8 Å². The molecule has 0 radical (unpaired) electrons. The summed E-state index contributed by atoms with van der Waals surface area (Å²) in [6.07, 6.45) is 0.780. The lowest BCUT2D eigenvalue weighted by Crippen LogP contribution is -2.09. The van der Waals surface area contributed by atoms with Crippen molar-refractivity contribution >= 4 is 13.3 Å².